The summed E-state index contributed by atoms with van der Waals surface area (Å²) >= 11 is 0. The van der Waals surface area contributed by atoms with Crippen LogP contribution in [0.4, 0.5) is 4.79 Å². The first kappa shape index (κ1) is 16.8. The first-order valence-corrected chi connectivity index (χ1v) is 9.00. The summed E-state index contributed by atoms with van der Waals surface area (Å²) in [5.41, 5.74) is 2.25. The molecular formula is C19H27N3O2. The van der Waals surface area contributed by atoms with Gasteiger partial charge in [0, 0.05) is 32.2 Å². The summed E-state index contributed by atoms with van der Waals surface area (Å²) in [5, 5.41) is 3.12. The number of aryl methyl sites for hydroxylation is 1. The first-order chi connectivity index (χ1) is 11.6. The molecule has 1 aromatic rings. The highest BCUT2D eigenvalue weighted by Crippen LogP contribution is 2.18. The molecule has 0 bridgehead atoms. The number of carbonyl (C=O) groups excluding carboxylic acids is 2. The summed E-state index contributed by atoms with van der Waals surface area (Å²) in [6, 6.07) is 8.48. The Kier molecular flexibility index (Phi) is 5.38. The van der Waals surface area contributed by atoms with Crippen LogP contribution >= 0.6 is 0 Å². The van der Waals surface area contributed by atoms with Crippen LogP contribution in [0.5, 0.6) is 0 Å². The maximum Gasteiger partial charge on any atom is 0.317 e. The number of benzene rings is 1. The van der Waals surface area contributed by atoms with Crippen LogP contribution in [0, 0.1) is 6.92 Å². The lowest BCUT2D eigenvalue weighted by Gasteiger charge is -2.35. The molecule has 1 aliphatic carbocycles. The Morgan fingerprint density at radius 1 is 1.00 bits per heavy atom. The smallest absolute Gasteiger partial charge is 0.317 e. The molecule has 2 fully saturated rings. The zero-order chi connectivity index (χ0) is 16.9. The summed E-state index contributed by atoms with van der Waals surface area (Å²) in [6.45, 7) is 4.55. The highest BCUT2D eigenvalue weighted by Gasteiger charge is 2.26. The molecule has 1 saturated carbocycles. The molecule has 24 heavy (non-hydrogen) atoms. The van der Waals surface area contributed by atoms with Crippen molar-refractivity contribution in [3.05, 3.63) is 35.4 Å². The predicted molar refractivity (Wildman–Crippen MR) is 93.8 cm³/mol. The Bertz CT molecular complexity index is 571. The number of rotatable bonds is 3. The number of nitrogens with zero attached hydrogens (tertiary/aromatic N) is 2. The molecule has 2 aliphatic rings. The predicted octanol–water partition coefficient (Wildman–Crippen LogP) is 2.33. The van der Waals surface area contributed by atoms with Crippen molar-refractivity contribution in [2.45, 2.75) is 45.1 Å². The van der Waals surface area contributed by atoms with E-state index in [2.05, 4.69) is 5.32 Å². The van der Waals surface area contributed by atoms with Gasteiger partial charge in [-0.25, -0.2) is 4.79 Å². The van der Waals surface area contributed by atoms with Crippen LogP contribution < -0.4 is 5.32 Å². The molecule has 0 spiro atoms. The van der Waals surface area contributed by atoms with Crippen LogP contribution in [0.25, 0.3) is 0 Å². The van der Waals surface area contributed by atoms with E-state index in [9.17, 15) is 9.59 Å². The number of urea groups is 1. The normalized spacial score (nSPS) is 18.7. The van der Waals surface area contributed by atoms with Crippen molar-refractivity contribution in [1.29, 1.82) is 0 Å². The van der Waals surface area contributed by atoms with Gasteiger partial charge in [0.25, 0.3) is 0 Å². The Hall–Kier alpha value is -2.04. The van der Waals surface area contributed by atoms with Crippen molar-refractivity contribution in [1.82, 2.24) is 15.1 Å². The van der Waals surface area contributed by atoms with Gasteiger partial charge in [0.05, 0.1) is 6.42 Å². The minimum absolute atomic E-state index is 0.0348. The van der Waals surface area contributed by atoms with E-state index in [-0.39, 0.29) is 11.9 Å². The van der Waals surface area contributed by atoms with Gasteiger partial charge in [0.15, 0.2) is 0 Å². The van der Waals surface area contributed by atoms with E-state index in [1.807, 2.05) is 41.0 Å². The monoisotopic (exact) mass is 329 g/mol. The zero-order valence-electron chi connectivity index (χ0n) is 14.5. The van der Waals surface area contributed by atoms with E-state index in [1.165, 1.54) is 18.4 Å². The summed E-state index contributed by atoms with van der Waals surface area (Å²) in [7, 11) is 0. The van der Waals surface area contributed by atoms with Gasteiger partial charge in [-0.15, -0.1) is 0 Å². The lowest BCUT2D eigenvalue weighted by atomic mass is 10.1. The largest absolute Gasteiger partial charge is 0.339 e. The maximum absolute atomic E-state index is 12.4. The molecule has 130 valence electrons. The summed E-state index contributed by atoms with van der Waals surface area (Å²) in [6.07, 6.45) is 5.06. The molecule has 0 radical (unpaired) electrons. The summed E-state index contributed by atoms with van der Waals surface area (Å²) < 4.78 is 0. The molecule has 5 nitrogen and oxygen atoms in total. The van der Waals surface area contributed by atoms with Gasteiger partial charge in [-0.3, -0.25) is 4.79 Å². The Labute approximate surface area is 144 Å². The van der Waals surface area contributed by atoms with E-state index in [0.29, 0.717) is 38.6 Å². The van der Waals surface area contributed by atoms with Gasteiger partial charge in [0.2, 0.25) is 5.91 Å². The van der Waals surface area contributed by atoms with Gasteiger partial charge in [-0.1, -0.05) is 42.7 Å². The molecule has 3 rings (SSSR count). The van der Waals surface area contributed by atoms with E-state index < -0.39 is 0 Å². The zero-order valence-corrected chi connectivity index (χ0v) is 14.5. The minimum atomic E-state index is 0.0348. The second-order valence-corrected chi connectivity index (χ2v) is 6.96. The topological polar surface area (TPSA) is 52.7 Å². The highest BCUT2D eigenvalue weighted by atomic mass is 16.2. The summed E-state index contributed by atoms with van der Waals surface area (Å²) in [4.78, 5) is 28.4. The first-order valence-electron chi connectivity index (χ1n) is 9.00. The number of nitrogens with one attached hydrogen (secondary N) is 1. The second-order valence-electron chi connectivity index (χ2n) is 6.96. The molecule has 5 heteroatoms. The van der Waals surface area contributed by atoms with Gasteiger partial charge in [-0.2, -0.15) is 0 Å². The van der Waals surface area contributed by atoms with Gasteiger partial charge in [-0.05, 0) is 25.3 Å². The fourth-order valence-corrected chi connectivity index (χ4v) is 3.49. The number of piperazine rings is 1. The van der Waals surface area contributed by atoms with E-state index in [0.717, 1.165) is 18.4 Å². The molecule has 1 N–H and O–H groups in total. The summed E-state index contributed by atoms with van der Waals surface area (Å²) in [5.74, 6) is 0.148. The quantitative estimate of drug-likeness (QED) is 0.925. The van der Waals surface area contributed by atoms with Gasteiger partial charge >= 0.3 is 6.03 Å². The third-order valence-corrected chi connectivity index (χ3v) is 5.08. The fraction of sp³-hybridized carbons (Fsp3) is 0.579. The van der Waals surface area contributed by atoms with Crippen LogP contribution in [-0.2, 0) is 11.2 Å². The Morgan fingerprint density at radius 2 is 1.58 bits per heavy atom. The standard InChI is InChI=1S/C19H27N3O2/c1-15-6-8-16(9-7-15)14-18(23)21-10-12-22(13-11-21)19(24)20-17-4-2-3-5-17/h6-9,17H,2-5,10-14H2,1H3,(H,20,24). The lowest BCUT2D eigenvalue weighted by Crippen LogP contribution is -2.54. The van der Waals surface area contributed by atoms with Crippen molar-refractivity contribution < 1.29 is 9.59 Å². The number of amides is 3. The molecule has 1 aromatic carbocycles. The van der Waals surface area contributed by atoms with Crippen molar-refractivity contribution >= 4 is 11.9 Å². The molecule has 0 aromatic heterocycles. The van der Waals surface area contributed by atoms with Crippen LogP contribution in [0.2, 0.25) is 0 Å². The van der Waals surface area contributed by atoms with Crippen LogP contribution in [0.3, 0.4) is 0 Å². The average Bonchev–Trinajstić information content (AvgIpc) is 3.10. The van der Waals surface area contributed by atoms with Crippen molar-refractivity contribution in [2.75, 3.05) is 26.2 Å². The van der Waals surface area contributed by atoms with E-state index in [1.54, 1.807) is 0 Å². The highest BCUT2D eigenvalue weighted by molar-refractivity contribution is 5.79. The molecule has 0 unspecified atom stereocenters. The SMILES string of the molecule is Cc1ccc(CC(=O)N2CCN(C(=O)NC3CCCC3)CC2)cc1. The van der Waals surface area contributed by atoms with Crippen molar-refractivity contribution in [2.24, 2.45) is 0 Å². The maximum atomic E-state index is 12.4. The van der Waals surface area contributed by atoms with E-state index >= 15 is 0 Å². The van der Waals surface area contributed by atoms with Crippen LogP contribution in [0.15, 0.2) is 24.3 Å². The van der Waals surface area contributed by atoms with Crippen LogP contribution in [0.1, 0.15) is 36.8 Å². The lowest BCUT2D eigenvalue weighted by molar-refractivity contribution is -0.131. The minimum Gasteiger partial charge on any atom is -0.339 e. The van der Waals surface area contributed by atoms with Gasteiger partial charge < -0.3 is 15.1 Å². The van der Waals surface area contributed by atoms with Crippen molar-refractivity contribution in [3.8, 4) is 0 Å². The molecule has 3 amide bonds. The fourth-order valence-electron chi connectivity index (χ4n) is 3.49. The number of hydrogen-bond donors (Lipinski definition) is 1. The molecule has 1 saturated heterocycles. The third kappa shape index (κ3) is 4.28. The van der Waals surface area contributed by atoms with Gasteiger partial charge in [0.1, 0.15) is 0 Å². The molecular weight excluding hydrogens is 302 g/mol. The van der Waals surface area contributed by atoms with Crippen molar-refractivity contribution in [3.63, 3.8) is 0 Å². The molecule has 0 atom stereocenters. The number of hydrogen-bond acceptors (Lipinski definition) is 2. The van der Waals surface area contributed by atoms with E-state index in [4.69, 9.17) is 0 Å². The second kappa shape index (κ2) is 7.69. The van der Waals surface area contributed by atoms with Crippen LogP contribution in [-0.4, -0.2) is 54.0 Å². The third-order valence-electron chi connectivity index (χ3n) is 5.08. The number of carbonyl (C=O) groups is 2. The molecule has 1 heterocycles. The average molecular weight is 329 g/mol. The Morgan fingerprint density at radius 3 is 2.21 bits per heavy atom. The molecule has 1 aliphatic heterocycles. The Balaban J connectivity index is 1.44.